The summed E-state index contributed by atoms with van der Waals surface area (Å²) in [6.45, 7) is 0.651. The first-order valence-electron chi connectivity index (χ1n) is 5.45. The van der Waals surface area contributed by atoms with Crippen LogP contribution in [0, 0.1) is 0 Å². The van der Waals surface area contributed by atoms with Crippen LogP contribution in [0.5, 0.6) is 0 Å². The number of rotatable bonds is 2. The van der Waals surface area contributed by atoms with Crippen molar-refractivity contribution in [3.05, 3.63) is 11.9 Å². The van der Waals surface area contributed by atoms with E-state index in [-0.39, 0.29) is 17.3 Å². The molecule has 1 atom stereocenters. The monoisotopic (exact) mass is 238 g/mol. The van der Waals surface area contributed by atoms with Gasteiger partial charge in [0.05, 0.1) is 5.69 Å². The van der Waals surface area contributed by atoms with Crippen molar-refractivity contribution in [2.75, 3.05) is 12.3 Å². The Balaban J connectivity index is 2.29. The first-order chi connectivity index (χ1) is 8.09. The molecule has 0 aromatic carbocycles. The highest BCUT2D eigenvalue weighted by molar-refractivity contribution is 5.91. The molecule has 1 aromatic heterocycles. The van der Waals surface area contributed by atoms with E-state index in [9.17, 15) is 9.59 Å². The van der Waals surface area contributed by atoms with Gasteiger partial charge in [-0.15, -0.1) is 0 Å². The van der Waals surface area contributed by atoms with Gasteiger partial charge in [0.2, 0.25) is 5.91 Å². The van der Waals surface area contributed by atoms with E-state index in [1.54, 1.807) is 0 Å². The Hall–Kier alpha value is -2.05. The van der Waals surface area contributed by atoms with Crippen LogP contribution >= 0.6 is 0 Å². The maximum Gasteiger partial charge on any atom is 0.358 e. The maximum absolute atomic E-state index is 11.7. The molecule has 1 saturated heterocycles. The summed E-state index contributed by atoms with van der Waals surface area (Å²) in [6.07, 6.45) is 3.86. The SMILES string of the molecule is Nc1cn(C2CCCCNC2=O)nc1C(=O)O. The molecule has 0 aliphatic carbocycles. The van der Waals surface area contributed by atoms with Crippen molar-refractivity contribution in [3.8, 4) is 0 Å². The Labute approximate surface area is 97.6 Å². The maximum atomic E-state index is 11.7. The van der Waals surface area contributed by atoms with Gasteiger partial charge in [-0.3, -0.25) is 9.48 Å². The fourth-order valence-electron chi connectivity index (χ4n) is 1.91. The number of carbonyl (C=O) groups excluding carboxylic acids is 1. The minimum absolute atomic E-state index is 0.0783. The molecule has 2 rings (SSSR count). The lowest BCUT2D eigenvalue weighted by Crippen LogP contribution is -2.31. The van der Waals surface area contributed by atoms with Gasteiger partial charge in [0.25, 0.3) is 0 Å². The normalized spacial score (nSPS) is 20.7. The largest absolute Gasteiger partial charge is 0.476 e. The van der Waals surface area contributed by atoms with Crippen molar-refractivity contribution < 1.29 is 14.7 Å². The van der Waals surface area contributed by atoms with E-state index >= 15 is 0 Å². The van der Waals surface area contributed by atoms with Crippen molar-refractivity contribution in [3.63, 3.8) is 0 Å². The number of carboxylic acids is 1. The molecule has 0 radical (unpaired) electrons. The minimum atomic E-state index is -1.18. The predicted molar refractivity (Wildman–Crippen MR) is 59.5 cm³/mol. The number of carboxylic acid groups (broad SMARTS) is 1. The van der Waals surface area contributed by atoms with E-state index in [0.717, 1.165) is 12.8 Å². The number of nitrogens with one attached hydrogen (secondary N) is 1. The number of amides is 1. The number of anilines is 1. The van der Waals surface area contributed by atoms with E-state index in [1.807, 2.05) is 0 Å². The Morgan fingerprint density at radius 2 is 2.35 bits per heavy atom. The molecule has 17 heavy (non-hydrogen) atoms. The Morgan fingerprint density at radius 1 is 1.59 bits per heavy atom. The lowest BCUT2D eigenvalue weighted by atomic mass is 10.1. The van der Waals surface area contributed by atoms with Gasteiger partial charge in [0.15, 0.2) is 5.69 Å². The summed E-state index contributed by atoms with van der Waals surface area (Å²) in [6, 6.07) is -0.465. The number of nitrogen functional groups attached to an aromatic ring is 1. The number of nitrogens with zero attached hydrogens (tertiary/aromatic N) is 2. The summed E-state index contributed by atoms with van der Waals surface area (Å²) in [4.78, 5) is 22.6. The smallest absolute Gasteiger partial charge is 0.358 e. The summed E-state index contributed by atoms with van der Waals surface area (Å²) in [7, 11) is 0. The van der Waals surface area contributed by atoms with Crippen molar-refractivity contribution >= 4 is 17.6 Å². The van der Waals surface area contributed by atoms with Gasteiger partial charge in [-0.05, 0) is 19.3 Å². The van der Waals surface area contributed by atoms with Crippen molar-refractivity contribution in [1.82, 2.24) is 15.1 Å². The van der Waals surface area contributed by atoms with Crippen molar-refractivity contribution in [2.45, 2.75) is 25.3 Å². The van der Waals surface area contributed by atoms with Crippen LogP contribution in [-0.2, 0) is 4.79 Å². The number of carbonyl (C=O) groups is 2. The lowest BCUT2D eigenvalue weighted by molar-refractivity contribution is -0.124. The summed E-state index contributed by atoms with van der Waals surface area (Å²) in [5.74, 6) is -1.32. The van der Waals surface area contributed by atoms with E-state index in [1.165, 1.54) is 10.9 Å². The molecule has 4 N–H and O–H groups in total. The molecule has 92 valence electrons. The molecule has 1 aromatic rings. The van der Waals surface area contributed by atoms with E-state index < -0.39 is 12.0 Å². The molecular weight excluding hydrogens is 224 g/mol. The van der Waals surface area contributed by atoms with Crippen LogP contribution in [0.1, 0.15) is 35.8 Å². The minimum Gasteiger partial charge on any atom is -0.476 e. The number of aromatic nitrogens is 2. The molecule has 1 aliphatic rings. The molecule has 2 heterocycles. The van der Waals surface area contributed by atoms with Gasteiger partial charge in [-0.1, -0.05) is 0 Å². The second kappa shape index (κ2) is 4.44. The van der Waals surface area contributed by atoms with Gasteiger partial charge in [-0.2, -0.15) is 5.10 Å². The van der Waals surface area contributed by atoms with Crippen LogP contribution in [0.2, 0.25) is 0 Å². The van der Waals surface area contributed by atoms with Crippen molar-refractivity contribution in [1.29, 1.82) is 0 Å². The van der Waals surface area contributed by atoms with Gasteiger partial charge >= 0.3 is 5.97 Å². The van der Waals surface area contributed by atoms with E-state index in [2.05, 4.69) is 10.4 Å². The average molecular weight is 238 g/mol. The Kier molecular flexibility index (Phi) is 2.99. The van der Waals surface area contributed by atoms with E-state index in [0.29, 0.717) is 13.0 Å². The third kappa shape index (κ3) is 2.22. The van der Waals surface area contributed by atoms with Crippen LogP contribution in [0.3, 0.4) is 0 Å². The van der Waals surface area contributed by atoms with Crippen LogP contribution in [0.15, 0.2) is 6.20 Å². The first-order valence-corrected chi connectivity index (χ1v) is 5.45. The molecule has 0 spiro atoms. The highest BCUT2D eigenvalue weighted by Crippen LogP contribution is 2.20. The number of aromatic carboxylic acids is 1. The van der Waals surface area contributed by atoms with Crippen LogP contribution in [-0.4, -0.2) is 33.3 Å². The average Bonchev–Trinajstić information content (AvgIpc) is 2.51. The number of hydrogen-bond donors (Lipinski definition) is 3. The van der Waals surface area contributed by atoms with Gasteiger partial charge in [0.1, 0.15) is 6.04 Å². The van der Waals surface area contributed by atoms with Crippen molar-refractivity contribution in [2.24, 2.45) is 0 Å². The zero-order chi connectivity index (χ0) is 12.4. The number of nitrogens with two attached hydrogens (primary N) is 1. The van der Waals surface area contributed by atoms with Crippen LogP contribution in [0.25, 0.3) is 0 Å². The number of hydrogen-bond acceptors (Lipinski definition) is 4. The van der Waals surface area contributed by atoms with Gasteiger partial charge < -0.3 is 16.2 Å². The Bertz CT molecular complexity index is 454. The van der Waals surface area contributed by atoms with Gasteiger partial charge in [-0.25, -0.2) is 4.79 Å². The zero-order valence-corrected chi connectivity index (χ0v) is 9.22. The van der Waals surface area contributed by atoms with Crippen LogP contribution in [0.4, 0.5) is 5.69 Å². The molecule has 7 heteroatoms. The molecule has 1 fully saturated rings. The molecule has 1 unspecified atom stereocenters. The topological polar surface area (TPSA) is 110 Å². The highest BCUT2D eigenvalue weighted by Gasteiger charge is 2.25. The summed E-state index contributed by atoms with van der Waals surface area (Å²) in [5.41, 5.74) is 5.41. The second-order valence-corrected chi connectivity index (χ2v) is 4.02. The fourth-order valence-corrected chi connectivity index (χ4v) is 1.91. The third-order valence-corrected chi connectivity index (χ3v) is 2.79. The summed E-state index contributed by atoms with van der Waals surface area (Å²) < 4.78 is 1.35. The quantitative estimate of drug-likeness (QED) is 0.672. The fraction of sp³-hybridized carbons (Fsp3) is 0.500. The third-order valence-electron chi connectivity index (χ3n) is 2.79. The highest BCUT2D eigenvalue weighted by atomic mass is 16.4. The molecule has 7 nitrogen and oxygen atoms in total. The van der Waals surface area contributed by atoms with Gasteiger partial charge in [0, 0.05) is 12.7 Å². The standard InChI is InChI=1S/C10H14N4O3/c11-6-5-14(13-8(6)10(16)17)7-3-1-2-4-12-9(7)15/h5,7H,1-4,11H2,(H,12,15)(H,16,17). The van der Waals surface area contributed by atoms with E-state index in [4.69, 9.17) is 10.8 Å². The molecular formula is C10H14N4O3. The zero-order valence-electron chi connectivity index (χ0n) is 9.22. The molecule has 0 bridgehead atoms. The molecule has 0 saturated carbocycles. The lowest BCUT2D eigenvalue weighted by Gasteiger charge is -2.12. The predicted octanol–water partition coefficient (Wildman–Crippen LogP) is 0.00470. The Morgan fingerprint density at radius 3 is 3.00 bits per heavy atom. The second-order valence-electron chi connectivity index (χ2n) is 4.02. The molecule has 1 aliphatic heterocycles. The summed E-state index contributed by atoms with van der Waals surface area (Å²) >= 11 is 0. The molecule has 1 amide bonds. The first kappa shape index (κ1) is 11.4. The van der Waals surface area contributed by atoms with Crippen LogP contribution < -0.4 is 11.1 Å². The summed E-state index contributed by atoms with van der Waals surface area (Å²) in [5, 5.41) is 15.5.